The van der Waals surface area contributed by atoms with Gasteiger partial charge in [-0.15, -0.1) is 10.2 Å². The Morgan fingerprint density at radius 2 is 1.83 bits per heavy atom. The molecule has 1 aromatic heterocycles. The molecule has 29 heavy (non-hydrogen) atoms. The van der Waals surface area contributed by atoms with Gasteiger partial charge in [-0.05, 0) is 23.6 Å². The van der Waals surface area contributed by atoms with Gasteiger partial charge >= 0.3 is 0 Å². The van der Waals surface area contributed by atoms with Crippen LogP contribution in [0.5, 0.6) is 0 Å². The molecule has 2 aliphatic heterocycles. The fourth-order valence-corrected chi connectivity index (χ4v) is 4.41. The summed E-state index contributed by atoms with van der Waals surface area (Å²) in [7, 11) is 1.87. The van der Waals surface area contributed by atoms with Crippen LogP contribution < -0.4 is 10.2 Å². The van der Waals surface area contributed by atoms with Crippen LogP contribution in [0.3, 0.4) is 0 Å². The highest BCUT2D eigenvalue weighted by atomic mass is 19.1. The molecule has 1 fully saturated rings. The standard InChI is InChI=1S/C22H22FN5O/c1-27-20(19-16-9-5-6-10-17(16)21(29)24-19)25-26-22(27)28-12-15(18(23)13-28)11-14-7-3-2-4-8-14/h2-10,15,18-19H,11-13H2,1H3,(H,24,29)/t15-,18+,19?/m0/s1. The van der Waals surface area contributed by atoms with E-state index < -0.39 is 6.17 Å². The normalized spacial score (nSPS) is 23.3. The van der Waals surface area contributed by atoms with Crippen LogP contribution in [0.1, 0.15) is 33.4 Å². The zero-order valence-corrected chi connectivity index (χ0v) is 16.1. The van der Waals surface area contributed by atoms with Gasteiger partial charge in [0.1, 0.15) is 12.2 Å². The molecule has 148 valence electrons. The molecule has 0 saturated carbocycles. The van der Waals surface area contributed by atoms with E-state index in [-0.39, 0.29) is 17.9 Å². The van der Waals surface area contributed by atoms with Crippen LogP contribution in [-0.2, 0) is 13.5 Å². The van der Waals surface area contributed by atoms with Gasteiger partial charge in [0.2, 0.25) is 5.95 Å². The van der Waals surface area contributed by atoms with Gasteiger partial charge in [0.15, 0.2) is 5.82 Å². The van der Waals surface area contributed by atoms with Crippen LogP contribution >= 0.6 is 0 Å². The number of benzene rings is 2. The lowest BCUT2D eigenvalue weighted by molar-refractivity contribution is 0.0959. The molecular weight excluding hydrogens is 369 g/mol. The maximum Gasteiger partial charge on any atom is 0.252 e. The van der Waals surface area contributed by atoms with Crippen LogP contribution in [-0.4, -0.2) is 39.9 Å². The van der Waals surface area contributed by atoms with Crippen LogP contribution in [0, 0.1) is 5.92 Å². The maximum atomic E-state index is 14.7. The largest absolute Gasteiger partial charge is 0.338 e. The van der Waals surface area contributed by atoms with Crippen LogP contribution in [0.4, 0.5) is 10.3 Å². The molecule has 0 bridgehead atoms. The van der Waals surface area contributed by atoms with Gasteiger partial charge in [0.25, 0.3) is 5.91 Å². The second-order valence-electron chi connectivity index (χ2n) is 7.78. The Labute approximate surface area is 168 Å². The summed E-state index contributed by atoms with van der Waals surface area (Å²) < 4.78 is 16.6. The van der Waals surface area contributed by atoms with Gasteiger partial charge in [-0.2, -0.15) is 0 Å². The minimum Gasteiger partial charge on any atom is -0.338 e. The molecule has 3 atom stereocenters. The average Bonchev–Trinajstić information content (AvgIpc) is 3.39. The van der Waals surface area contributed by atoms with E-state index in [4.69, 9.17) is 0 Å². The minimum absolute atomic E-state index is 0.0792. The number of rotatable bonds is 4. The molecule has 1 amide bonds. The number of carbonyl (C=O) groups excluding carboxylic acids is 1. The van der Waals surface area contributed by atoms with Crippen molar-refractivity contribution in [1.29, 1.82) is 0 Å². The molecular formula is C22H22FN5O. The SMILES string of the molecule is Cn1c(C2NC(=O)c3ccccc32)nnc1N1C[C@H](Cc2ccccc2)[C@H](F)C1. The first-order valence-corrected chi connectivity index (χ1v) is 9.84. The number of halogens is 1. The Kier molecular flexibility index (Phi) is 4.30. The Balaban J connectivity index is 1.37. The topological polar surface area (TPSA) is 63.1 Å². The van der Waals surface area contributed by atoms with Gasteiger partial charge < -0.3 is 10.2 Å². The molecule has 7 heteroatoms. The van der Waals surface area contributed by atoms with Crippen molar-refractivity contribution < 1.29 is 9.18 Å². The Morgan fingerprint density at radius 3 is 2.66 bits per heavy atom. The van der Waals surface area contributed by atoms with Crippen molar-refractivity contribution in [3.63, 3.8) is 0 Å². The highest BCUT2D eigenvalue weighted by Crippen LogP contribution is 2.32. The lowest BCUT2D eigenvalue weighted by Gasteiger charge is -2.18. The van der Waals surface area contributed by atoms with Crippen molar-refractivity contribution in [2.24, 2.45) is 13.0 Å². The summed E-state index contributed by atoms with van der Waals surface area (Å²) in [6.07, 6.45) is -0.211. The van der Waals surface area contributed by atoms with Crippen molar-refractivity contribution in [1.82, 2.24) is 20.1 Å². The molecule has 6 nitrogen and oxygen atoms in total. The molecule has 0 radical (unpaired) electrons. The number of fused-ring (bicyclic) bond motifs is 1. The van der Waals surface area contributed by atoms with E-state index in [0.717, 1.165) is 11.1 Å². The average molecular weight is 391 g/mol. The Bertz CT molecular complexity index is 1050. The summed E-state index contributed by atoms with van der Waals surface area (Å²) in [6, 6.07) is 17.2. The number of aromatic nitrogens is 3. The summed E-state index contributed by atoms with van der Waals surface area (Å²) in [5.41, 5.74) is 2.70. The number of alkyl halides is 1. The minimum atomic E-state index is -0.915. The summed E-state index contributed by atoms with van der Waals surface area (Å²) in [4.78, 5) is 14.2. The summed E-state index contributed by atoms with van der Waals surface area (Å²) in [5, 5.41) is 11.7. The van der Waals surface area contributed by atoms with E-state index in [0.29, 0.717) is 36.8 Å². The lowest BCUT2D eigenvalue weighted by Crippen LogP contribution is -2.26. The number of nitrogens with one attached hydrogen (secondary N) is 1. The molecule has 1 N–H and O–H groups in total. The zero-order chi connectivity index (χ0) is 20.0. The number of anilines is 1. The predicted molar refractivity (Wildman–Crippen MR) is 107 cm³/mol. The first-order chi connectivity index (χ1) is 14.1. The lowest BCUT2D eigenvalue weighted by atomic mass is 9.97. The number of nitrogens with zero attached hydrogens (tertiary/aromatic N) is 4. The molecule has 0 spiro atoms. The third-order valence-electron chi connectivity index (χ3n) is 5.92. The second kappa shape index (κ2) is 6.99. The fraction of sp³-hybridized carbons (Fsp3) is 0.318. The van der Waals surface area contributed by atoms with E-state index in [9.17, 15) is 9.18 Å². The Morgan fingerprint density at radius 1 is 1.07 bits per heavy atom. The summed E-state index contributed by atoms with van der Waals surface area (Å²) in [6.45, 7) is 0.896. The van der Waals surface area contributed by atoms with Crippen LogP contribution in [0.2, 0.25) is 0 Å². The van der Waals surface area contributed by atoms with Gasteiger partial charge in [0.05, 0.1) is 6.54 Å². The smallest absolute Gasteiger partial charge is 0.252 e. The number of hydrogen-bond donors (Lipinski definition) is 1. The van der Waals surface area contributed by atoms with Gasteiger partial charge in [-0.3, -0.25) is 9.36 Å². The first kappa shape index (κ1) is 17.8. The van der Waals surface area contributed by atoms with E-state index in [1.54, 1.807) is 0 Å². The van der Waals surface area contributed by atoms with Crippen molar-refractivity contribution in [2.45, 2.75) is 18.6 Å². The predicted octanol–water partition coefficient (Wildman–Crippen LogP) is 2.66. The monoisotopic (exact) mass is 391 g/mol. The number of carbonyl (C=O) groups is 1. The molecule has 0 aliphatic carbocycles. The summed E-state index contributed by atoms with van der Waals surface area (Å²) in [5.74, 6) is 1.10. The highest BCUT2D eigenvalue weighted by molar-refractivity contribution is 5.99. The highest BCUT2D eigenvalue weighted by Gasteiger charge is 2.37. The second-order valence-corrected chi connectivity index (χ2v) is 7.78. The van der Waals surface area contributed by atoms with Crippen molar-refractivity contribution >= 4 is 11.9 Å². The third-order valence-corrected chi connectivity index (χ3v) is 5.92. The van der Waals surface area contributed by atoms with Crippen molar-refractivity contribution in [2.75, 3.05) is 18.0 Å². The molecule has 2 aliphatic rings. The first-order valence-electron chi connectivity index (χ1n) is 9.84. The van der Waals surface area contributed by atoms with Crippen LogP contribution in [0.15, 0.2) is 54.6 Å². The van der Waals surface area contributed by atoms with E-state index in [1.807, 2.05) is 71.1 Å². The fourth-order valence-electron chi connectivity index (χ4n) is 4.41. The molecule has 5 rings (SSSR count). The van der Waals surface area contributed by atoms with Crippen LogP contribution in [0.25, 0.3) is 0 Å². The molecule has 3 aromatic rings. The van der Waals surface area contributed by atoms with Gasteiger partial charge in [-0.25, -0.2) is 4.39 Å². The third kappa shape index (κ3) is 3.06. The molecule has 1 unspecified atom stereocenters. The van der Waals surface area contributed by atoms with Crippen molar-refractivity contribution in [3.8, 4) is 0 Å². The number of amides is 1. The summed E-state index contributed by atoms with van der Waals surface area (Å²) >= 11 is 0. The van der Waals surface area contributed by atoms with Crippen molar-refractivity contribution in [3.05, 3.63) is 77.1 Å². The zero-order valence-electron chi connectivity index (χ0n) is 16.1. The van der Waals surface area contributed by atoms with E-state index >= 15 is 0 Å². The van der Waals surface area contributed by atoms with E-state index in [1.165, 1.54) is 0 Å². The van der Waals surface area contributed by atoms with E-state index in [2.05, 4.69) is 15.5 Å². The maximum absolute atomic E-state index is 14.7. The quantitative estimate of drug-likeness (QED) is 0.743. The molecule has 2 aromatic carbocycles. The Hall–Kier alpha value is -3.22. The van der Waals surface area contributed by atoms with Gasteiger partial charge in [-0.1, -0.05) is 48.5 Å². The number of hydrogen-bond acceptors (Lipinski definition) is 4. The van der Waals surface area contributed by atoms with Gasteiger partial charge in [0, 0.05) is 25.1 Å². The molecule has 3 heterocycles. The molecule has 1 saturated heterocycles.